The van der Waals surface area contributed by atoms with Crippen LogP contribution < -0.4 is 10.1 Å². The number of H-pyrrole nitrogens is 1. The second-order valence-electron chi connectivity index (χ2n) is 7.11. The average molecular weight is 366 g/mol. The summed E-state index contributed by atoms with van der Waals surface area (Å²) in [6, 6.07) is 16.4. The molecule has 0 bridgehead atoms. The van der Waals surface area contributed by atoms with Crippen molar-refractivity contribution in [2.75, 3.05) is 27.7 Å². The van der Waals surface area contributed by atoms with E-state index in [1.165, 1.54) is 16.5 Å². The molecule has 0 aliphatic rings. The minimum Gasteiger partial charge on any atom is -0.497 e. The van der Waals surface area contributed by atoms with Crippen LogP contribution in [-0.4, -0.2) is 49.6 Å². The number of hydrogen-bond donors (Lipinski definition) is 2. The molecule has 3 aromatic rings. The Morgan fingerprint density at radius 3 is 2.52 bits per heavy atom. The number of nitrogens with one attached hydrogen (secondary N) is 1. The number of rotatable bonds is 7. The van der Waals surface area contributed by atoms with E-state index in [0.29, 0.717) is 0 Å². The number of carbonyl (C=O) groups excluding carboxylic acids is 1. The zero-order valence-electron chi connectivity index (χ0n) is 16.4. The molecule has 3 N–H and O–H groups in total. The van der Waals surface area contributed by atoms with Crippen molar-refractivity contribution in [3.63, 3.8) is 0 Å². The highest BCUT2D eigenvalue weighted by Crippen LogP contribution is 2.30. The fraction of sp³-hybridized carbons (Fsp3) is 0.318. The van der Waals surface area contributed by atoms with Gasteiger partial charge in [-0.05, 0) is 36.2 Å². The zero-order chi connectivity index (χ0) is 19.4. The van der Waals surface area contributed by atoms with Gasteiger partial charge in [0.05, 0.1) is 19.6 Å². The first kappa shape index (κ1) is 19.0. The highest BCUT2D eigenvalue weighted by molar-refractivity contribution is 5.84. The minimum atomic E-state index is -0.119. The van der Waals surface area contributed by atoms with Gasteiger partial charge in [-0.2, -0.15) is 0 Å². The fourth-order valence-corrected chi connectivity index (χ4v) is 3.51. The molecule has 0 saturated carbocycles. The lowest BCUT2D eigenvalue weighted by Gasteiger charge is -2.20. The number of carbonyl (C=O) groups is 1. The molecule has 2 atom stereocenters. The van der Waals surface area contributed by atoms with Gasteiger partial charge in [0.2, 0.25) is 0 Å². The first-order valence-electron chi connectivity index (χ1n) is 9.25. The molecule has 27 heavy (non-hydrogen) atoms. The zero-order valence-corrected chi connectivity index (χ0v) is 16.4. The van der Waals surface area contributed by atoms with Gasteiger partial charge in [0, 0.05) is 31.2 Å². The number of ether oxygens (including phenoxy) is 1. The summed E-state index contributed by atoms with van der Waals surface area (Å²) in [5, 5.41) is 3.34. The van der Waals surface area contributed by atoms with Crippen LogP contribution in [0.1, 0.15) is 24.0 Å². The lowest BCUT2D eigenvalue weighted by Crippen LogP contribution is -2.92. The standard InChI is InChI=1S/C22H27N3O2/c1-15(22(26)25(2)3)23-13-19(16-9-11-17(27-4)12-10-16)20-14-24-21-8-6-5-7-18(20)21/h5-12,14-15,19,23-24H,13H2,1-4H3/p+1/t15-,19+/m1/s1. The van der Waals surface area contributed by atoms with Crippen molar-refractivity contribution in [1.82, 2.24) is 9.88 Å². The summed E-state index contributed by atoms with van der Waals surface area (Å²) in [5.41, 5.74) is 3.58. The highest BCUT2D eigenvalue weighted by atomic mass is 16.5. The lowest BCUT2D eigenvalue weighted by atomic mass is 9.90. The maximum absolute atomic E-state index is 12.2. The van der Waals surface area contributed by atoms with E-state index < -0.39 is 0 Å². The van der Waals surface area contributed by atoms with E-state index in [-0.39, 0.29) is 17.9 Å². The summed E-state index contributed by atoms with van der Waals surface area (Å²) in [4.78, 5) is 17.3. The number of para-hydroxylation sites is 1. The third-order valence-electron chi connectivity index (χ3n) is 5.07. The van der Waals surface area contributed by atoms with Gasteiger partial charge in [0.15, 0.2) is 6.04 Å². The predicted molar refractivity (Wildman–Crippen MR) is 108 cm³/mol. The van der Waals surface area contributed by atoms with Crippen molar-refractivity contribution in [3.05, 3.63) is 65.9 Å². The number of quaternary nitrogens is 1. The first-order valence-corrected chi connectivity index (χ1v) is 9.25. The Morgan fingerprint density at radius 1 is 1.15 bits per heavy atom. The number of aromatic amines is 1. The molecular weight excluding hydrogens is 338 g/mol. The summed E-state index contributed by atoms with van der Waals surface area (Å²) in [5.74, 6) is 1.14. The monoisotopic (exact) mass is 366 g/mol. The number of hydrogen-bond acceptors (Lipinski definition) is 2. The van der Waals surface area contributed by atoms with Crippen LogP contribution >= 0.6 is 0 Å². The Balaban J connectivity index is 1.92. The molecule has 2 aromatic carbocycles. The van der Waals surface area contributed by atoms with E-state index >= 15 is 0 Å². The number of aromatic nitrogens is 1. The van der Waals surface area contributed by atoms with E-state index in [9.17, 15) is 4.79 Å². The third-order valence-corrected chi connectivity index (χ3v) is 5.07. The van der Waals surface area contributed by atoms with E-state index in [1.807, 2.05) is 25.1 Å². The number of amides is 1. The Kier molecular flexibility index (Phi) is 5.81. The highest BCUT2D eigenvalue weighted by Gasteiger charge is 2.24. The van der Waals surface area contributed by atoms with Crippen LogP contribution in [0.3, 0.4) is 0 Å². The molecule has 5 nitrogen and oxygen atoms in total. The SMILES string of the molecule is COc1ccc([C@H](C[NH2+][C@H](C)C(=O)N(C)C)c2c[nH]c3ccccc23)cc1. The third kappa shape index (κ3) is 4.14. The molecule has 3 rings (SSSR count). The van der Waals surface area contributed by atoms with Crippen LogP contribution in [-0.2, 0) is 4.79 Å². The number of nitrogens with zero attached hydrogens (tertiary/aromatic N) is 1. The summed E-state index contributed by atoms with van der Waals surface area (Å²) < 4.78 is 5.30. The van der Waals surface area contributed by atoms with E-state index in [2.05, 4.69) is 46.8 Å². The number of likely N-dealkylation sites (N-methyl/N-ethyl adjacent to an activating group) is 1. The molecule has 0 aliphatic carbocycles. The van der Waals surface area contributed by atoms with Crippen molar-refractivity contribution in [3.8, 4) is 5.75 Å². The fourth-order valence-electron chi connectivity index (χ4n) is 3.51. The molecule has 0 unspecified atom stereocenters. The van der Waals surface area contributed by atoms with Gasteiger partial charge in [-0.15, -0.1) is 0 Å². The molecule has 0 spiro atoms. The Morgan fingerprint density at radius 2 is 1.85 bits per heavy atom. The Hall–Kier alpha value is -2.79. The van der Waals surface area contributed by atoms with Crippen molar-refractivity contribution < 1.29 is 14.8 Å². The van der Waals surface area contributed by atoms with Crippen LogP contribution in [0.15, 0.2) is 54.7 Å². The second kappa shape index (κ2) is 8.27. The molecular formula is C22H28N3O2+. The summed E-state index contributed by atoms with van der Waals surface area (Å²) in [6.45, 7) is 2.75. The van der Waals surface area contributed by atoms with Crippen LogP contribution in [0.25, 0.3) is 10.9 Å². The van der Waals surface area contributed by atoms with Gasteiger partial charge in [-0.3, -0.25) is 4.79 Å². The average Bonchev–Trinajstić information content (AvgIpc) is 3.12. The molecule has 5 heteroatoms. The minimum absolute atomic E-state index is 0.119. The number of nitrogens with two attached hydrogens (primary N) is 1. The summed E-state index contributed by atoms with van der Waals surface area (Å²) >= 11 is 0. The smallest absolute Gasteiger partial charge is 0.279 e. The lowest BCUT2D eigenvalue weighted by molar-refractivity contribution is -0.675. The Labute approximate surface area is 160 Å². The largest absolute Gasteiger partial charge is 0.497 e. The van der Waals surface area contributed by atoms with Crippen LogP contribution in [0, 0.1) is 0 Å². The van der Waals surface area contributed by atoms with Gasteiger partial charge in [0.25, 0.3) is 5.91 Å². The molecule has 0 saturated heterocycles. The van der Waals surface area contributed by atoms with Gasteiger partial charge >= 0.3 is 0 Å². The van der Waals surface area contributed by atoms with Gasteiger partial charge in [-0.25, -0.2) is 0 Å². The van der Waals surface area contributed by atoms with E-state index in [1.54, 1.807) is 26.1 Å². The molecule has 0 aliphatic heterocycles. The van der Waals surface area contributed by atoms with Crippen molar-refractivity contribution in [2.45, 2.75) is 18.9 Å². The maximum Gasteiger partial charge on any atom is 0.279 e. The quantitative estimate of drug-likeness (QED) is 0.674. The normalized spacial score (nSPS) is 13.3. The first-order chi connectivity index (χ1) is 13.0. The van der Waals surface area contributed by atoms with Crippen LogP contribution in [0.5, 0.6) is 5.75 Å². The molecule has 0 radical (unpaired) electrons. The van der Waals surface area contributed by atoms with Gasteiger partial charge < -0.3 is 19.9 Å². The molecule has 1 aromatic heterocycles. The number of fused-ring (bicyclic) bond motifs is 1. The van der Waals surface area contributed by atoms with Gasteiger partial charge in [0.1, 0.15) is 5.75 Å². The van der Waals surface area contributed by atoms with E-state index in [4.69, 9.17) is 4.74 Å². The number of methoxy groups -OCH3 is 1. The van der Waals surface area contributed by atoms with Crippen molar-refractivity contribution in [1.29, 1.82) is 0 Å². The van der Waals surface area contributed by atoms with Gasteiger partial charge in [-0.1, -0.05) is 30.3 Å². The topological polar surface area (TPSA) is 61.9 Å². The molecule has 1 amide bonds. The molecule has 0 fully saturated rings. The van der Waals surface area contributed by atoms with Crippen LogP contribution in [0.2, 0.25) is 0 Å². The molecule has 1 heterocycles. The summed E-state index contributed by atoms with van der Waals surface area (Å²) in [6.07, 6.45) is 2.09. The number of benzene rings is 2. The predicted octanol–water partition coefficient (Wildman–Crippen LogP) is 2.35. The Bertz CT molecular complexity index is 899. The van der Waals surface area contributed by atoms with Crippen molar-refractivity contribution in [2.24, 2.45) is 0 Å². The van der Waals surface area contributed by atoms with Crippen molar-refractivity contribution >= 4 is 16.8 Å². The van der Waals surface area contributed by atoms with E-state index in [0.717, 1.165) is 17.8 Å². The maximum atomic E-state index is 12.2. The summed E-state index contributed by atoms with van der Waals surface area (Å²) in [7, 11) is 5.27. The second-order valence-corrected chi connectivity index (χ2v) is 7.11. The molecule has 142 valence electrons. The van der Waals surface area contributed by atoms with Crippen LogP contribution in [0.4, 0.5) is 0 Å².